The largest absolute Gasteiger partial charge is 0.358 e. The summed E-state index contributed by atoms with van der Waals surface area (Å²) in [5, 5.41) is 10.8. The van der Waals surface area contributed by atoms with Crippen LogP contribution in [-0.4, -0.2) is 24.4 Å². The van der Waals surface area contributed by atoms with Gasteiger partial charge in [-0.3, -0.25) is 36.9 Å². The predicted octanol–water partition coefficient (Wildman–Crippen LogP) is 6.31. The van der Waals surface area contributed by atoms with Gasteiger partial charge in [0.2, 0.25) is 0 Å². The van der Waals surface area contributed by atoms with E-state index in [9.17, 15) is 35.1 Å². The summed E-state index contributed by atoms with van der Waals surface area (Å²) in [4.78, 5) is 4.08. The molecule has 8 nitrogen and oxygen atoms in total. The van der Waals surface area contributed by atoms with Crippen LogP contribution < -0.4 is 14.2 Å². The van der Waals surface area contributed by atoms with Crippen molar-refractivity contribution in [1.29, 1.82) is 0 Å². The molecule has 0 unspecified atom stereocenters. The third kappa shape index (κ3) is 9.36. The van der Waals surface area contributed by atoms with E-state index in [2.05, 4.69) is 45.2 Å². The number of hydrogen-bond acceptors (Lipinski definition) is 3. The fourth-order valence-electron chi connectivity index (χ4n) is 4.56. The Morgan fingerprint density at radius 3 is 1.50 bits per heavy atom. The molecule has 0 saturated carbocycles. The summed E-state index contributed by atoms with van der Waals surface area (Å²) in [7, 11) is 0. The minimum atomic E-state index is -0.825. The second-order valence-electron chi connectivity index (χ2n) is 10.5. The van der Waals surface area contributed by atoms with Gasteiger partial charge in [-0.05, 0) is 53.5 Å². The van der Waals surface area contributed by atoms with E-state index >= 15 is 0 Å². The Hall–Kier alpha value is -6.32. The first-order valence-corrected chi connectivity index (χ1v) is 15.0. The summed E-state index contributed by atoms with van der Waals surface area (Å²) in [6.07, 6.45) is 14.2. The molecule has 0 aliphatic heterocycles. The van der Waals surface area contributed by atoms with E-state index in [-0.39, 0.29) is 42.9 Å². The number of rotatable bonds is 5. The van der Waals surface area contributed by atoms with Gasteiger partial charge in [0.1, 0.15) is 34.6 Å². The Balaban J connectivity index is 0.000000162. The van der Waals surface area contributed by atoms with Crippen LogP contribution in [0.25, 0.3) is 34.1 Å². The van der Waals surface area contributed by atoms with Crippen LogP contribution in [0.5, 0.6) is 0 Å². The molecule has 0 fully saturated rings. The average Bonchev–Trinajstić information content (AvgIpc) is 3.93. The third-order valence-corrected chi connectivity index (χ3v) is 6.97. The monoisotopic (exact) mass is 920 g/mol. The molecular formula is C37H19F8IrN8-3. The molecule has 8 rings (SSSR count). The van der Waals surface area contributed by atoms with Crippen LogP contribution in [0.4, 0.5) is 35.1 Å². The van der Waals surface area contributed by atoms with Gasteiger partial charge in [-0.15, -0.1) is 24.3 Å². The van der Waals surface area contributed by atoms with Crippen LogP contribution >= 0.6 is 0 Å². The maximum absolute atomic E-state index is 13.7. The van der Waals surface area contributed by atoms with E-state index < -0.39 is 46.5 Å². The van der Waals surface area contributed by atoms with E-state index in [1.54, 1.807) is 12.4 Å². The van der Waals surface area contributed by atoms with Crippen LogP contribution in [0.1, 0.15) is 0 Å². The topological polar surface area (TPSA) is 70.4 Å². The number of halogens is 8. The van der Waals surface area contributed by atoms with Crippen molar-refractivity contribution in [2.75, 3.05) is 0 Å². The summed E-state index contributed by atoms with van der Waals surface area (Å²) in [5.41, 5.74) is 1.51. The first kappa shape index (κ1) is 38.9. The standard InChI is InChI=1S/2C15H7F4N2.C7H5N4.Ir/c2*16-10-1-3-14(12(18)7-10)20-5-6-21(9-20)15-4-2-11(17)8-13(15)19;1-2-4-8-6(3-1)7-5-9-11-10-7;/h2*1-3,5-8H;1-5H;/q3*-1;. The smallest absolute Gasteiger partial charge is 0.267 e. The van der Waals surface area contributed by atoms with Gasteiger partial charge in [0, 0.05) is 86.5 Å². The maximum atomic E-state index is 13.7. The molecule has 0 aliphatic carbocycles. The van der Waals surface area contributed by atoms with Crippen molar-refractivity contribution >= 4 is 0 Å². The van der Waals surface area contributed by atoms with E-state index in [1.165, 1.54) is 55.2 Å². The zero-order valence-electron chi connectivity index (χ0n) is 26.9. The molecule has 0 amide bonds. The number of imidazole rings is 2. The Kier molecular flexibility index (Phi) is 12.6. The molecule has 275 valence electrons. The Morgan fingerprint density at radius 1 is 0.593 bits per heavy atom. The number of aromatic nitrogens is 8. The summed E-state index contributed by atoms with van der Waals surface area (Å²) in [6, 6.07) is 20.0. The minimum absolute atomic E-state index is 0. The van der Waals surface area contributed by atoms with Crippen molar-refractivity contribution in [2.24, 2.45) is 0 Å². The van der Waals surface area contributed by atoms with E-state index in [0.717, 1.165) is 42.1 Å². The molecule has 0 saturated heterocycles. The zero-order chi connectivity index (χ0) is 37.5. The molecule has 0 aliphatic rings. The quantitative estimate of drug-likeness (QED) is 0.115. The fourth-order valence-corrected chi connectivity index (χ4v) is 4.56. The molecule has 4 heterocycles. The van der Waals surface area contributed by atoms with Crippen LogP contribution in [0.3, 0.4) is 0 Å². The first-order chi connectivity index (χ1) is 25.5. The maximum Gasteiger partial charge on any atom is 0.267 e. The SMILES string of the molecule is Fc1c[c-]c(-n2[c-][n+](-c3ccc(F)cc3F)cc2)c(F)c1.Fc1c[c-]c(-n2[c-][n+](-c3ccc(F)cc3F)cc2)c(F)c1.[Ir].c1ccc(-c2cnn[n-]2)nc1. The zero-order valence-corrected chi connectivity index (χ0v) is 29.3. The molecular weight excluding hydrogens is 901 g/mol. The van der Waals surface area contributed by atoms with Crippen molar-refractivity contribution < 1.29 is 64.4 Å². The van der Waals surface area contributed by atoms with Crippen LogP contribution in [0.15, 0.2) is 116 Å². The fraction of sp³-hybridized carbons (Fsp3) is 0. The average molecular weight is 920 g/mol. The Labute approximate surface area is 314 Å². The van der Waals surface area contributed by atoms with Gasteiger partial charge in [-0.1, -0.05) is 12.3 Å². The van der Waals surface area contributed by atoms with Gasteiger partial charge in [-0.2, -0.15) is 12.1 Å². The van der Waals surface area contributed by atoms with Gasteiger partial charge in [0.25, 0.3) is 12.7 Å². The van der Waals surface area contributed by atoms with Gasteiger partial charge >= 0.3 is 0 Å². The van der Waals surface area contributed by atoms with Crippen molar-refractivity contribution in [3.05, 3.63) is 187 Å². The molecule has 0 spiro atoms. The molecule has 0 atom stereocenters. The molecule has 54 heavy (non-hydrogen) atoms. The number of nitrogens with zero attached hydrogens (tertiary/aromatic N) is 8. The summed E-state index contributed by atoms with van der Waals surface area (Å²) in [5.74, 6) is -6.11. The molecule has 4 aromatic carbocycles. The third-order valence-electron chi connectivity index (χ3n) is 6.97. The molecule has 17 heteroatoms. The molecule has 1 radical (unpaired) electrons. The summed E-state index contributed by atoms with van der Waals surface area (Å²) in [6.45, 7) is 0. The normalized spacial score (nSPS) is 10.4. The first-order valence-electron chi connectivity index (χ1n) is 15.0. The summed E-state index contributed by atoms with van der Waals surface area (Å²) < 4.78 is 111. The number of hydrogen-bond donors (Lipinski definition) is 0. The van der Waals surface area contributed by atoms with Crippen LogP contribution in [-0.2, 0) is 20.1 Å². The number of pyridine rings is 1. The van der Waals surface area contributed by atoms with Crippen molar-refractivity contribution in [2.45, 2.75) is 0 Å². The Morgan fingerprint density at radius 2 is 1.09 bits per heavy atom. The van der Waals surface area contributed by atoms with E-state index in [0.29, 0.717) is 17.8 Å². The summed E-state index contributed by atoms with van der Waals surface area (Å²) >= 11 is 0. The van der Waals surface area contributed by atoms with Gasteiger partial charge < -0.3 is 19.3 Å². The van der Waals surface area contributed by atoms with E-state index in [1.807, 2.05) is 18.2 Å². The molecule has 0 N–H and O–H groups in total. The molecule has 4 aromatic heterocycles. The second kappa shape index (κ2) is 17.5. The van der Waals surface area contributed by atoms with Crippen molar-refractivity contribution in [1.82, 2.24) is 29.5 Å². The molecule has 0 bridgehead atoms. The van der Waals surface area contributed by atoms with Crippen molar-refractivity contribution in [3.8, 4) is 34.1 Å². The van der Waals surface area contributed by atoms with Crippen LogP contribution in [0, 0.1) is 71.3 Å². The van der Waals surface area contributed by atoms with Gasteiger partial charge in [-0.25, -0.2) is 17.6 Å². The van der Waals surface area contributed by atoms with Crippen molar-refractivity contribution in [3.63, 3.8) is 0 Å². The van der Waals surface area contributed by atoms with E-state index in [4.69, 9.17) is 0 Å². The van der Waals surface area contributed by atoms with Gasteiger partial charge in [0.15, 0.2) is 0 Å². The van der Waals surface area contributed by atoms with Gasteiger partial charge in [0.05, 0.1) is 5.69 Å². The van der Waals surface area contributed by atoms with Crippen LogP contribution in [0.2, 0.25) is 0 Å². The predicted molar refractivity (Wildman–Crippen MR) is 168 cm³/mol. The number of benzene rings is 4. The second-order valence-corrected chi connectivity index (χ2v) is 10.5. The Bertz CT molecular complexity index is 2200. The minimum Gasteiger partial charge on any atom is -0.358 e. The molecule has 8 aromatic rings.